The van der Waals surface area contributed by atoms with Crippen molar-refractivity contribution in [2.45, 2.75) is 19.9 Å². The molecule has 0 saturated carbocycles. The fourth-order valence-electron chi connectivity index (χ4n) is 1.82. The van der Waals surface area contributed by atoms with Crippen LogP contribution in [-0.4, -0.2) is 12.1 Å². The third-order valence-corrected chi connectivity index (χ3v) is 4.06. The molecular formula is C13H15ClN2OS. The molecule has 0 spiro atoms. The maximum atomic E-state index is 6.01. The number of nitrogens with one attached hydrogen (secondary N) is 1. The number of aromatic nitrogens is 1. The van der Waals surface area contributed by atoms with E-state index in [1.54, 1.807) is 18.4 Å². The number of thiazole rings is 1. The second-order valence-corrected chi connectivity index (χ2v) is 5.34. The Morgan fingerprint density at radius 1 is 1.44 bits per heavy atom. The molecule has 0 fully saturated rings. The van der Waals surface area contributed by atoms with Crippen molar-refractivity contribution in [3.05, 3.63) is 39.3 Å². The molecule has 1 heterocycles. The summed E-state index contributed by atoms with van der Waals surface area (Å²) in [5.74, 6) is 0.786. The smallest absolute Gasteiger partial charge is 0.142 e. The second-order valence-electron chi connectivity index (χ2n) is 4.01. The van der Waals surface area contributed by atoms with Crippen molar-refractivity contribution in [1.82, 2.24) is 4.98 Å². The molecule has 0 aliphatic carbocycles. The van der Waals surface area contributed by atoms with Gasteiger partial charge < -0.3 is 10.1 Å². The van der Waals surface area contributed by atoms with Gasteiger partial charge in [-0.3, -0.25) is 0 Å². The minimum absolute atomic E-state index is 0.171. The highest BCUT2D eigenvalue weighted by Gasteiger charge is 2.13. The molecule has 2 aromatic rings. The van der Waals surface area contributed by atoms with E-state index in [1.165, 1.54) is 4.88 Å². The summed E-state index contributed by atoms with van der Waals surface area (Å²) in [4.78, 5) is 5.48. The van der Waals surface area contributed by atoms with E-state index >= 15 is 0 Å². The Kier molecular flexibility index (Phi) is 4.09. The van der Waals surface area contributed by atoms with E-state index in [2.05, 4.69) is 17.2 Å². The maximum absolute atomic E-state index is 6.01. The molecule has 0 saturated heterocycles. The lowest BCUT2D eigenvalue weighted by atomic mass is 10.2. The molecule has 18 heavy (non-hydrogen) atoms. The lowest BCUT2D eigenvalue weighted by Gasteiger charge is -2.17. The maximum Gasteiger partial charge on any atom is 0.142 e. The standard InChI is InChI=1S/C13H15ClN2OS/c1-8-13(18-7-15-8)9(2)16-11-6-10(14)4-5-12(11)17-3/h4-7,9,16H,1-3H3. The van der Waals surface area contributed by atoms with Crippen molar-refractivity contribution in [1.29, 1.82) is 0 Å². The average Bonchev–Trinajstić information content (AvgIpc) is 2.76. The molecule has 0 radical (unpaired) electrons. The van der Waals surface area contributed by atoms with Crippen LogP contribution >= 0.6 is 22.9 Å². The molecule has 1 atom stereocenters. The Balaban J connectivity index is 2.23. The number of hydrogen-bond acceptors (Lipinski definition) is 4. The molecule has 1 N–H and O–H groups in total. The van der Waals surface area contributed by atoms with Crippen molar-refractivity contribution < 1.29 is 4.74 Å². The molecule has 0 aliphatic rings. The first-order valence-electron chi connectivity index (χ1n) is 5.62. The Bertz CT molecular complexity index is 542. The van der Waals surface area contributed by atoms with E-state index < -0.39 is 0 Å². The largest absolute Gasteiger partial charge is 0.495 e. The van der Waals surface area contributed by atoms with E-state index in [0.717, 1.165) is 17.1 Å². The van der Waals surface area contributed by atoms with E-state index in [9.17, 15) is 0 Å². The molecule has 1 aromatic carbocycles. The zero-order chi connectivity index (χ0) is 13.1. The molecule has 1 unspecified atom stereocenters. The van der Waals surface area contributed by atoms with Crippen LogP contribution in [0.2, 0.25) is 5.02 Å². The summed E-state index contributed by atoms with van der Waals surface area (Å²) in [5.41, 5.74) is 3.81. The highest BCUT2D eigenvalue weighted by Crippen LogP contribution is 2.32. The van der Waals surface area contributed by atoms with Crippen molar-refractivity contribution in [3.63, 3.8) is 0 Å². The zero-order valence-corrected chi connectivity index (χ0v) is 12.1. The number of aryl methyl sites for hydroxylation is 1. The Hall–Kier alpha value is -1.26. The Morgan fingerprint density at radius 3 is 2.83 bits per heavy atom. The van der Waals surface area contributed by atoms with Crippen LogP contribution in [0.4, 0.5) is 5.69 Å². The molecule has 0 bridgehead atoms. The van der Waals surface area contributed by atoms with Crippen molar-refractivity contribution in [2.75, 3.05) is 12.4 Å². The average molecular weight is 283 g/mol. The van der Waals surface area contributed by atoms with Crippen molar-refractivity contribution in [3.8, 4) is 5.75 Å². The zero-order valence-electron chi connectivity index (χ0n) is 10.5. The molecule has 1 aromatic heterocycles. The number of halogens is 1. The molecule has 0 amide bonds. The van der Waals surface area contributed by atoms with Crippen LogP contribution in [0.15, 0.2) is 23.7 Å². The predicted molar refractivity (Wildman–Crippen MR) is 76.9 cm³/mol. The number of hydrogen-bond donors (Lipinski definition) is 1. The van der Waals surface area contributed by atoms with Crippen molar-refractivity contribution in [2.24, 2.45) is 0 Å². The third kappa shape index (κ3) is 2.76. The Morgan fingerprint density at radius 2 is 2.22 bits per heavy atom. The topological polar surface area (TPSA) is 34.1 Å². The third-order valence-electron chi connectivity index (χ3n) is 2.71. The summed E-state index contributed by atoms with van der Waals surface area (Å²) in [5, 5.41) is 4.09. The summed E-state index contributed by atoms with van der Waals surface area (Å²) >= 11 is 7.66. The van der Waals surface area contributed by atoms with Gasteiger partial charge in [-0.1, -0.05) is 11.6 Å². The van der Waals surface area contributed by atoms with Gasteiger partial charge in [0.1, 0.15) is 5.75 Å². The van der Waals surface area contributed by atoms with Crippen LogP contribution < -0.4 is 10.1 Å². The number of rotatable bonds is 4. The van der Waals surface area contributed by atoms with Crippen LogP contribution in [0.5, 0.6) is 5.75 Å². The van der Waals surface area contributed by atoms with Gasteiger partial charge in [-0.05, 0) is 32.0 Å². The van der Waals surface area contributed by atoms with Gasteiger partial charge in [-0.15, -0.1) is 11.3 Å². The number of benzene rings is 1. The predicted octanol–water partition coefficient (Wildman–Crippen LogP) is 4.29. The fourth-order valence-corrected chi connectivity index (χ4v) is 2.80. The number of anilines is 1. The summed E-state index contributed by atoms with van der Waals surface area (Å²) < 4.78 is 5.32. The van der Waals surface area contributed by atoms with Gasteiger partial charge in [0.15, 0.2) is 0 Å². The van der Waals surface area contributed by atoms with E-state index in [1.807, 2.05) is 30.6 Å². The number of nitrogens with zero attached hydrogens (tertiary/aromatic N) is 1. The minimum atomic E-state index is 0.171. The monoisotopic (exact) mass is 282 g/mol. The summed E-state index contributed by atoms with van der Waals surface area (Å²) in [6.45, 7) is 4.11. The first-order chi connectivity index (χ1) is 8.61. The fraction of sp³-hybridized carbons (Fsp3) is 0.308. The van der Waals surface area contributed by atoms with Gasteiger partial charge in [0.05, 0.1) is 30.0 Å². The van der Waals surface area contributed by atoms with Crippen LogP contribution in [0.3, 0.4) is 0 Å². The van der Waals surface area contributed by atoms with Crippen LogP contribution in [0.1, 0.15) is 23.5 Å². The van der Waals surface area contributed by atoms with Gasteiger partial charge in [0.25, 0.3) is 0 Å². The van der Waals surface area contributed by atoms with Gasteiger partial charge in [-0.2, -0.15) is 0 Å². The molecule has 96 valence electrons. The molecule has 5 heteroatoms. The summed E-state index contributed by atoms with van der Waals surface area (Å²) in [6.07, 6.45) is 0. The summed E-state index contributed by atoms with van der Waals surface area (Å²) in [6, 6.07) is 5.71. The molecule has 3 nitrogen and oxygen atoms in total. The van der Waals surface area contributed by atoms with Crippen LogP contribution in [0, 0.1) is 6.92 Å². The van der Waals surface area contributed by atoms with E-state index in [-0.39, 0.29) is 6.04 Å². The lowest BCUT2D eigenvalue weighted by Crippen LogP contribution is -2.07. The van der Waals surface area contributed by atoms with Gasteiger partial charge in [0, 0.05) is 9.90 Å². The normalized spacial score (nSPS) is 12.2. The van der Waals surface area contributed by atoms with Crippen LogP contribution in [0.25, 0.3) is 0 Å². The molecule has 2 rings (SSSR count). The van der Waals surface area contributed by atoms with Crippen molar-refractivity contribution >= 4 is 28.6 Å². The highest BCUT2D eigenvalue weighted by molar-refractivity contribution is 7.09. The van der Waals surface area contributed by atoms with E-state index in [0.29, 0.717) is 5.02 Å². The van der Waals surface area contributed by atoms with Gasteiger partial charge >= 0.3 is 0 Å². The summed E-state index contributed by atoms with van der Waals surface area (Å²) in [7, 11) is 1.65. The van der Waals surface area contributed by atoms with Crippen LogP contribution in [-0.2, 0) is 0 Å². The Labute approximate surface area is 116 Å². The molecule has 0 aliphatic heterocycles. The quantitative estimate of drug-likeness (QED) is 0.908. The van der Waals surface area contributed by atoms with E-state index in [4.69, 9.17) is 16.3 Å². The first-order valence-corrected chi connectivity index (χ1v) is 6.87. The SMILES string of the molecule is COc1ccc(Cl)cc1NC(C)c1scnc1C. The molecular weight excluding hydrogens is 268 g/mol. The van der Waals surface area contributed by atoms with Gasteiger partial charge in [-0.25, -0.2) is 4.98 Å². The van der Waals surface area contributed by atoms with Gasteiger partial charge in [0.2, 0.25) is 0 Å². The second kappa shape index (κ2) is 5.59. The first kappa shape index (κ1) is 13.2. The number of methoxy groups -OCH3 is 1. The highest BCUT2D eigenvalue weighted by atomic mass is 35.5. The minimum Gasteiger partial charge on any atom is -0.495 e. The lowest BCUT2D eigenvalue weighted by molar-refractivity contribution is 0.416. The number of ether oxygens (including phenoxy) is 1.